The first-order valence-electron chi connectivity index (χ1n) is 7.25. The lowest BCUT2D eigenvalue weighted by atomic mass is 10.1. The summed E-state index contributed by atoms with van der Waals surface area (Å²) in [4.78, 5) is 26.1. The van der Waals surface area contributed by atoms with Gasteiger partial charge in [-0.3, -0.25) is 9.59 Å². The highest BCUT2D eigenvalue weighted by molar-refractivity contribution is 6.31. The molecule has 1 aliphatic heterocycles. The Morgan fingerprint density at radius 1 is 1.39 bits per heavy atom. The highest BCUT2D eigenvalue weighted by Crippen LogP contribution is 2.29. The highest BCUT2D eigenvalue weighted by atomic mass is 35.5. The second-order valence-electron chi connectivity index (χ2n) is 5.65. The Bertz CT molecular complexity index is 772. The van der Waals surface area contributed by atoms with Crippen molar-refractivity contribution < 1.29 is 14.1 Å². The third-order valence-corrected chi connectivity index (χ3v) is 4.25. The number of rotatable bonds is 3. The van der Waals surface area contributed by atoms with Crippen molar-refractivity contribution in [2.24, 2.45) is 5.92 Å². The summed E-state index contributed by atoms with van der Waals surface area (Å²) >= 11 is 6.11. The number of carbonyl (C=O) groups excluding carboxylic acids is 2. The van der Waals surface area contributed by atoms with Crippen molar-refractivity contribution in [1.82, 2.24) is 5.16 Å². The number of benzene rings is 1. The van der Waals surface area contributed by atoms with Crippen LogP contribution in [0.4, 0.5) is 11.5 Å². The fourth-order valence-corrected chi connectivity index (χ4v) is 2.71. The topological polar surface area (TPSA) is 75.4 Å². The van der Waals surface area contributed by atoms with Gasteiger partial charge in [0.15, 0.2) is 5.82 Å². The minimum atomic E-state index is -0.431. The number of nitrogens with one attached hydrogen (secondary N) is 1. The molecule has 1 aliphatic rings. The molecule has 2 amide bonds. The van der Waals surface area contributed by atoms with E-state index in [9.17, 15) is 9.59 Å². The first-order valence-corrected chi connectivity index (χ1v) is 7.62. The molecule has 3 rings (SSSR count). The van der Waals surface area contributed by atoms with Crippen molar-refractivity contribution >= 4 is 34.9 Å². The lowest BCUT2D eigenvalue weighted by molar-refractivity contribution is -0.122. The largest absolute Gasteiger partial charge is 0.360 e. The van der Waals surface area contributed by atoms with Gasteiger partial charge in [-0.1, -0.05) is 22.8 Å². The van der Waals surface area contributed by atoms with Gasteiger partial charge in [0.1, 0.15) is 5.76 Å². The molecule has 1 aromatic heterocycles. The molecule has 1 N–H and O–H groups in total. The van der Waals surface area contributed by atoms with Crippen molar-refractivity contribution in [1.29, 1.82) is 0 Å². The summed E-state index contributed by atoms with van der Waals surface area (Å²) in [6, 6.07) is 7.07. The van der Waals surface area contributed by atoms with Crippen LogP contribution >= 0.6 is 11.6 Å². The number of anilines is 2. The average Bonchev–Trinajstić information content (AvgIpc) is 3.08. The monoisotopic (exact) mass is 333 g/mol. The predicted molar refractivity (Wildman–Crippen MR) is 86.5 cm³/mol. The van der Waals surface area contributed by atoms with Gasteiger partial charge in [0, 0.05) is 29.7 Å². The van der Waals surface area contributed by atoms with Crippen LogP contribution in [0.2, 0.25) is 5.02 Å². The molecule has 1 saturated heterocycles. The summed E-state index contributed by atoms with van der Waals surface area (Å²) in [7, 11) is 0. The van der Waals surface area contributed by atoms with Crippen molar-refractivity contribution in [2.45, 2.75) is 20.3 Å². The van der Waals surface area contributed by atoms with Gasteiger partial charge >= 0.3 is 0 Å². The number of nitrogens with zero attached hydrogens (tertiary/aromatic N) is 2. The van der Waals surface area contributed by atoms with E-state index in [2.05, 4.69) is 10.5 Å². The molecular formula is C16H16ClN3O3. The van der Waals surface area contributed by atoms with E-state index < -0.39 is 5.92 Å². The molecule has 2 heterocycles. The Labute approximate surface area is 138 Å². The number of carbonyl (C=O) groups is 2. The van der Waals surface area contributed by atoms with Crippen LogP contribution in [-0.2, 0) is 9.59 Å². The summed E-state index contributed by atoms with van der Waals surface area (Å²) in [6.45, 7) is 3.96. The quantitative estimate of drug-likeness (QED) is 0.937. The normalized spacial score (nSPS) is 17.6. The van der Waals surface area contributed by atoms with Crippen LogP contribution in [-0.4, -0.2) is 23.5 Å². The van der Waals surface area contributed by atoms with Gasteiger partial charge in [-0.2, -0.15) is 0 Å². The first kappa shape index (κ1) is 15.6. The molecule has 0 bridgehead atoms. The SMILES string of the molecule is Cc1cc(NC(=O)[C@@H]2CC(=O)N(c3ccc(C)c(Cl)c3)C2)no1. The third-order valence-electron chi connectivity index (χ3n) is 3.84. The maximum absolute atomic E-state index is 12.3. The van der Waals surface area contributed by atoms with Crippen LogP contribution in [0.25, 0.3) is 0 Å². The van der Waals surface area contributed by atoms with Crippen LogP contribution in [0.3, 0.4) is 0 Å². The number of halogens is 1. The third kappa shape index (κ3) is 3.22. The molecule has 1 aromatic carbocycles. The van der Waals surface area contributed by atoms with E-state index in [1.807, 2.05) is 19.1 Å². The number of hydrogen-bond acceptors (Lipinski definition) is 4. The van der Waals surface area contributed by atoms with Gasteiger partial charge in [-0.15, -0.1) is 0 Å². The van der Waals surface area contributed by atoms with E-state index in [0.29, 0.717) is 28.8 Å². The molecule has 0 aliphatic carbocycles. The number of hydrogen-bond donors (Lipinski definition) is 1. The van der Waals surface area contributed by atoms with Crippen molar-refractivity contribution in [3.63, 3.8) is 0 Å². The van der Waals surface area contributed by atoms with Crippen molar-refractivity contribution in [2.75, 3.05) is 16.8 Å². The molecule has 120 valence electrons. The highest BCUT2D eigenvalue weighted by Gasteiger charge is 2.35. The zero-order valence-corrected chi connectivity index (χ0v) is 13.6. The van der Waals surface area contributed by atoms with Gasteiger partial charge in [0.25, 0.3) is 0 Å². The zero-order valence-electron chi connectivity index (χ0n) is 12.8. The second kappa shape index (κ2) is 6.04. The van der Waals surface area contributed by atoms with Gasteiger partial charge in [0.2, 0.25) is 11.8 Å². The fourth-order valence-electron chi connectivity index (χ4n) is 2.54. The lowest BCUT2D eigenvalue weighted by Gasteiger charge is -2.17. The second-order valence-corrected chi connectivity index (χ2v) is 6.06. The van der Waals surface area contributed by atoms with Crippen molar-refractivity contribution in [3.8, 4) is 0 Å². The molecule has 0 saturated carbocycles. The summed E-state index contributed by atoms with van der Waals surface area (Å²) in [5, 5.41) is 6.99. The zero-order chi connectivity index (χ0) is 16.6. The Balaban J connectivity index is 1.71. The van der Waals surface area contributed by atoms with E-state index in [0.717, 1.165) is 5.56 Å². The number of aryl methyl sites for hydroxylation is 2. The minimum Gasteiger partial charge on any atom is -0.360 e. The van der Waals surface area contributed by atoms with Crippen LogP contribution in [0.5, 0.6) is 0 Å². The maximum Gasteiger partial charge on any atom is 0.231 e. The van der Waals surface area contributed by atoms with E-state index in [4.69, 9.17) is 16.1 Å². The van der Waals surface area contributed by atoms with E-state index >= 15 is 0 Å². The molecule has 0 unspecified atom stereocenters. The molecule has 7 heteroatoms. The van der Waals surface area contributed by atoms with Crippen LogP contribution in [0, 0.1) is 19.8 Å². The smallest absolute Gasteiger partial charge is 0.231 e. The predicted octanol–water partition coefficient (Wildman–Crippen LogP) is 2.94. The Hall–Kier alpha value is -2.34. The lowest BCUT2D eigenvalue weighted by Crippen LogP contribution is -2.28. The van der Waals surface area contributed by atoms with E-state index in [1.165, 1.54) is 0 Å². The summed E-state index contributed by atoms with van der Waals surface area (Å²) in [5.41, 5.74) is 1.65. The Morgan fingerprint density at radius 3 is 2.83 bits per heavy atom. The maximum atomic E-state index is 12.3. The van der Waals surface area contributed by atoms with Gasteiger partial charge in [0.05, 0.1) is 5.92 Å². The molecular weight excluding hydrogens is 318 g/mol. The van der Waals surface area contributed by atoms with E-state index in [-0.39, 0.29) is 18.2 Å². The summed E-state index contributed by atoms with van der Waals surface area (Å²) in [5.74, 6) is 0.198. The Kier molecular flexibility index (Phi) is 4.09. The van der Waals surface area contributed by atoms with Gasteiger partial charge < -0.3 is 14.7 Å². The molecule has 0 spiro atoms. The minimum absolute atomic E-state index is 0.0959. The van der Waals surface area contributed by atoms with Crippen LogP contribution in [0.15, 0.2) is 28.8 Å². The fraction of sp³-hybridized carbons (Fsp3) is 0.312. The molecule has 1 atom stereocenters. The number of aromatic nitrogens is 1. The van der Waals surface area contributed by atoms with Crippen LogP contribution < -0.4 is 10.2 Å². The first-order chi connectivity index (χ1) is 10.9. The molecule has 23 heavy (non-hydrogen) atoms. The van der Waals surface area contributed by atoms with Crippen molar-refractivity contribution in [3.05, 3.63) is 40.6 Å². The Morgan fingerprint density at radius 2 is 2.17 bits per heavy atom. The van der Waals surface area contributed by atoms with Gasteiger partial charge in [-0.25, -0.2) is 0 Å². The summed E-state index contributed by atoms with van der Waals surface area (Å²) in [6.07, 6.45) is 0.161. The summed E-state index contributed by atoms with van der Waals surface area (Å²) < 4.78 is 4.91. The average molecular weight is 334 g/mol. The molecule has 2 aromatic rings. The van der Waals surface area contributed by atoms with E-state index in [1.54, 1.807) is 24.0 Å². The molecule has 1 fully saturated rings. The van der Waals surface area contributed by atoms with Crippen LogP contribution in [0.1, 0.15) is 17.7 Å². The standard InChI is InChI=1S/C16H16ClN3O3/c1-9-3-4-12(7-13(9)17)20-8-11(6-15(20)21)16(22)18-14-5-10(2)23-19-14/h3-5,7,11H,6,8H2,1-2H3,(H,18,19,22)/t11-/m1/s1. The number of amides is 2. The van der Waals surface area contributed by atoms with Gasteiger partial charge in [-0.05, 0) is 31.5 Å². The molecule has 6 nitrogen and oxygen atoms in total. The molecule has 0 radical (unpaired) electrons.